The predicted octanol–water partition coefficient (Wildman–Crippen LogP) is 2.44. The van der Waals surface area contributed by atoms with Crippen LogP contribution in [-0.4, -0.2) is 12.5 Å². The van der Waals surface area contributed by atoms with Crippen molar-refractivity contribution in [2.75, 3.05) is 6.54 Å². The zero-order valence-corrected chi connectivity index (χ0v) is 13.0. The van der Waals surface area contributed by atoms with E-state index < -0.39 is 5.91 Å². The lowest BCUT2D eigenvalue weighted by atomic mass is 10.1. The molecule has 5 heteroatoms. The number of rotatable bonds is 7. The van der Waals surface area contributed by atoms with Gasteiger partial charge in [-0.05, 0) is 31.0 Å². The fourth-order valence-electron chi connectivity index (χ4n) is 2.08. The third-order valence-corrected chi connectivity index (χ3v) is 3.26. The van der Waals surface area contributed by atoms with Crippen LogP contribution in [0.3, 0.4) is 0 Å². The van der Waals surface area contributed by atoms with Crippen molar-refractivity contribution in [1.82, 2.24) is 10.6 Å². The first-order valence-electron chi connectivity index (χ1n) is 7.39. The number of nitrogens with one attached hydrogen (secondary N) is 2. The molecular formula is C18H19N3O2. The van der Waals surface area contributed by atoms with Crippen LogP contribution in [0.15, 0.2) is 58.9 Å². The summed E-state index contributed by atoms with van der Waals surface area (Å²) in [6, 6.07) is 13.6. The third kappa shape index (κ3) is 5.36. The lowest BCUT2D eigenvalue weighted by Gasteiger charge is -2.05. The zero-order chi connectivity index (χ0) is 16.5. The number of aryl methyl sites for hydroxylation is 1. The maximum absolute atomic E-state index is 11.9. The highest BCUT2D eigenvalue weighted by molar-refractivity contribution is 5.97. The number of hydrogen-bond acceptors (Lipinski definition) is 4. The average Bonchev–Trinajstić information content (AvgIpc) is 3.06. The minimum absolute atomic E-state index is 0.0424. The molecule has 23 heavy (non-hydrogen) atoms. The highest BCUT2D eigenvalue weighted by Gasteiger charge is 2.08. The quantitative estimate of drug-likeness (QED) is 0.468. The summed E-state index contributed by atoms with van der Waals surface area (Å²) in [5.41, 5.74) is 2.47. The number of carbonyl (C=O) groups is 1. The Morgan fingerprint density at radius 2 is 2.22 bits per heavy atom. The number of nitrogens with zero attached hydrogens (tertiary/aromatic N) is 1. The Morgan fingerprint density at radius 3 is 2.91 bits per heavy atom. The summed E-state index contributed by atoms with van der Waals surface area (Å²) in [5, 5.41) is 14.7. The van der Waals surface area contributed by atoms with Crippen molar-refractivity contribution in [3.05, 3.63) is 71.3 Å². The van der Waals surface area contributed by atoms with Crippen molar-refractivity contribution in [2.24, 2.45) is 0 Å². The van der Waals surface area contributed by atoms with E-state index in [-0.39, 0.29) is 12.1 Å². The number of furan rings is 1. The number of carbonyl (C=O) groups excluding carboxylic acids is 1. The summed E-state index contributed by atoms with van der Waals surface area (Å²) >= 11 is 0. The first kappa shape index (κ1) is 16.4. The normalized spacial score (nSPS) is 10.9. The van der Waals surface area contributed by atoms with Crippen molar-refractivity contribution in [3.8, 4) is 6.07 Å². The van der Waals surface area contributed by atoms with Gasteiger partial charge < -0.3 is 15.1 Å². The van der Waals surface area contributed by atoms with E-state index in [4.69, 9.17) is 9.68 Å². The number of amides is 1. The van der Waals surface area contributed by atoms with Crippen molar-refractivity contribution >= 4 is 5.91 Å². The van der Waals surface area contributed by atoms with Crippen LogP contribution in [0.5, 0.6) is 0 Å². The Labute approximate surface area is 135 Å². The molecule has 0 aliphatic rings. The lowest BCUT2D eigenvalue weighted by Crippen LogP contribution is -2.25. The molecule has 1 heterocycles. The summed E-state index contributed by atoms with van der Waals surface area (Å²) in [5.74, 6) is 0.218. The van der Waals surface area contributed by atoms with Gasteiger partial charge in [0.05, 0.1) is 12.8 Å². The van der Waals surface area contributed by atoms with Gasteiger partial charge in [-0.1, -0.05) is 29.8 Å². The third-order valence-electron chi connectivity index (χ3n) is 3.26. The summed E-state index contributed by atoms with van der Waals surface area (Å²) in [6.45, 7) is 2.96. The molecule has 0 saturated carbocycles. The van der Waals surface area contributed by atoms with Crippen molar-refractivity contribution in [2.45, 2.75) is 19.9 Å². The topological polar surface area (TPSA) is 78.1 Å². The Kier molecular flexibility index (Phi) is 6.01. The molecule has 118 valence electrons. The van der Waals surface area contributed by atoms with Crippen LogP contribution in [0.25, 0.3) is 0 Å². The largest absolute Gasteiger partial charge is 0.467 e. The fraction of sp³-hybridized carbons (Fsp3) is 0.222. The van der Waals surface area contributed by atoms with Gasteiger partial charge in [-0.3, -0.25) is 4.79 Å². The number of hydrogen-bond donors (Lipinski definition) is 2. The van der Waals surface area contributed by atoms with E-state index in [1.165, 1.54) is 23.6 Å². The Hall–Kier alpha value is -3.00. The molecule has 2 N–H and O–H groups in total. The smallest absolute Gasteiger partial charge is 0.263 e. The molecule has 0 unspecified atom stereocenters. The molecule has 0 atom stereocenters. The van der Waals surface area contributed by atoms with Gasteiger partial charge in [0.25, 0.3) is 5.91 Å². The molecule has 0 bridgehead atoms. The van der Waals surface area contributed by atoms with Crippen LogP contribution >= 0.6 is 0 Å². The minimum atomic E-state index is -0.424. The fourth-order valence-corrected chi connectivity index (χ4v) is 2.08. The molecule has 0 aliphatic carbocycles. The van der Waals surface area contributed by atoms with Gasteiger partial charge in [-0.15, -0.1) is 0 Å². The molecule has 2 aromatic rings. The molecule has 5 nitrogen and oxygen atoms in total. The van der Waals surface area contributed by atoms with E-state index in [9.17, 15) is 4.79 Å². The van der Waals surface area contributed by atoms with Gasteiger partial charge in [-0.25, -0.2) is 0 Å². The van der Waals surface area contributed by atoms with Gasteiger partial charge in [0.2, 0.25) is 0 Å². The van der Waals surface area contributed by atoms with Crippen LogP contribution in [0.2, 0.25) is 0 Å². The molecule has 0 aliphatic heterocycles. The van der Waals surface area contributed by atoms with E-state index in [1.807, 2.05) is 25.1 Å². The van der Waals surface area contributed by atoms with Gasteiger partial charge in [0, 0.05) is 12.7 Å². The molecule has 1 amide bonds. The second-order valence-electron chi connectivity index (χ2n) is 5.13. The summed E-state index contributed by atoms with van der Waals surface area (Å²) in [4.78, 5) is 11.9. The second-order valence-corrected chi connectivity index (χ2v) is 5.13. The molecule has 0 fully saturated rings. The Balaban J connectivity index is 1.79. The standard InChI is InChI=1S/C18H19N3O2/c1-14-4-2-5-15(10-14)7-8-20-12-16(11-19)18(22)21-13-17-6-3-9-23-17/h2-6,9-10,12,20H,7-8,13H2,1H3,(H,21,22)/b16-12-. The van der Waals surface area contributed by atoms with Crippen molar-refractivity contribution < 1.29 is 9.21 Å². The first-order valence-corrected chi connectivity index (χ1v) is 7.39. The van der Waals surface area contributed by atoms with Crippen LogP contribution in [0, 0.1) is 18.3 Å². The molecule has 1 aromatic carbocycles. The minimum Gasteiger partial charge on any atom is -0.467 e. The molecule has 2 rings (SSSR count). The van der Waals surface area contributed by atoms with Crippen LogP contribution < -0.4 is 10.6 Å². The van der Waals surface area contributed by atoms with E-state index in [2.05, 4.69) is 22.8 Å². The summed E-state index contributed by atoms with van der Waals surface area (Å²) in [6.07, 6.45) is 3.81. The van der Waals surface area contributed by atoms with Crippen LogP contribution in [-0.2, 0) is 17.8 Å². The number of benzene rings is 1. The number of nitriles is 1. The Morgan fingerprint density at radius 1 is 1.35 bits per heavy atom. The van der Waals surface area contributed by atoms with E-state index in [0.29, 0.717) is 12.3 Å². The SMILES string of the molecule is Cc1cccc(CCN/C=C(/C#N)C(=O)NCc2ccco2)c1. The summed E-state index contributed by atoms with van der Waals surface area (Å²) < 4.78 is 5.12. The first-order chi connectivity index (χ1) is 11.2. The van der Waals surface area contributed by atoms with Crippen LogP contribution in [0.1, 0.15) is 16.9 Å². The molecule has 1 aromatic heterocycles. The lowest BCUT2D eigenvalue weighted by molar-refractivity contribution is -0.117. The molecule has 0 saturated heterocycles. The van der Waals surface area contributed by atoms with Gasteiger partial charge >= 0.3 is 0 Å². The second kappa shape index (κ2) is 8.44. The predicted molar refractivity (Wildman–Crippen MR) is 87.1 cm³/mol. The monoisotopic (exact) mass is 309 g/mol. The van der Waals surface area contributed by atoms with Gasteiger partial charge in [0.1, 0.15) is 17.4 Å². The highest BCUT2D eigenvalue weighted by Crippen LogP contribution is 2.04. The zero-order valence-electron chi connectivity index (χ0n) is 13.0. The van der Waals surface area contributed by atoms with Crippen LogP contribution in [0.4, 0.5) is 0 Å². The maximum atomic E-state index is 11.9. The van der Waals surface area contributed by atoms with Crippen molar-refractivity contribution in [3.63, 3.8) is 0 Å². The maximum Gasteiger partial charge on any atom is 0.263 e. The molecule has 0 spiro atoms. The highest BCUT2D eigenvalue weighted by atomic mass is 16.3. The summed E-state index contributed by atoms with van der Waals surface area (Å²) in [7, 11) is 0. The Bertz CT molecular complexity index is 712. The van der Waals surface area contributed by atoms with E-state index >= 15 is 0 Å². The molecule has 0 radical (unpaired) electrons. The van der Waals surface area contributed by atoms with Gasteiger partial charge in [-0.2, -0.15) is 5.26 Å². The van der Waals surface area contributed by atoms with E-state index in [1.54, 1.807) is 12.1 Å². The average molecular weight is 309 g/mol. The van der Waals surface area contributed by atoms with Gasteiger partial charge in [0.15, 0.2) is 0 Å². The van der Waals surface area contributed by atoms with Crippen molar-refractivity contribution in [1.29, 1.82) is 5.26 Å². The molecular weight excluding hydrogens is 290 g/mol. The van der Waals surface area contributed by atoms with E-state index in [0.717, 1.165) is 6.42 Å².